The van der Waals surface area contributed by atoms with E-state index in [2.05, 4.69) is 4.90 Å². The van der Waals surface area contributed by atoms with Crippen molar-refractivity contribution in [3.05, 3.63) is 0 Å². The number of hydrogen-bond acceptors (Lipinski definition) is 9. The quantitative estimate of drug-likeness (QED) is 0.195. The molecule has 2 unspecified atom stereocenters. The Labute approximate surface area is 229 Å². The second-order valence-electron chi connectivity index (χ2n) is 8.94. The maximum absolute atomic E-state index is 13.6. The number of ether oxygens (including phenoxy) is 3. The molecule has 2 aliphatic rings. The zero-order valence-electron chi connectivity index (χ0n) is 24.3. The highest BCUT2D eigenvalue weighted by Gasteiger charge is 2.59. The van der Waals surface area contributed by atoms with Crippen molar-refractivity contribution in [3.63, 3.8) is 0 Å². The topological polar surface area (TPSA) is 106 Å². The highest BCUT2D eigenvalue weighted by Crippen LogP contribution is 2.35. The van der Waals surface area contributed by atoms with Gasteiger partial charge in [-0.15, -0.1) is 0 Å². The van der Waals surface area contributed by atoms with Crippen molar-refractivity contribution in [1.29, 1.82) is 0 Å². The van der Waals surface area contributed by atoms with E-state index in [0.717, 1.165) is 6.42 Å². The fourth-order valence-corrected chi connectivity index (χ4v) is 7.36. The molecule has 2 aliphatic heterocycles. The third kappa shape index (κ3) is 8.00. The number of carbonyl (C=O) groups is 2. The maximum atomic E-state index is 13.6. The number of hydrogen-bond donors (Lipinski definition) is 0. The van der Waals surface area contributed by atoms with Crippen LogP contribution < -0.4 is 0 Å². The summed E-state index contributed by atoms with van der Waals surface area (Å²) in [5.74, 6) is 0. The molecule has 2 saturated heterocycles. The van der Waals surface area contributed by atoms with Crippen LogP contribution in [0.3, 0.4) is 0 Å². The SMILES string of the molecule is CCOCN1C(=O)N(COCC)C2C1N(COCC)C(=O)N2CN(C)CCC[Si](OCC)(OCC)OCC. The Hall–Kier alpha value is -1.52. The third-order valence-corrected chi connectivity index (χ3v) is 9.49. The maximum Gasteiger partial charge on any atom is 0.500 e. The first-order valence-corrected chi connectivity index (χ1v) is 15.8. The second kappa shape index (κ2) is 16.6. The zero-order valence-corrected chi connectivity index (χ0v) is 25.3. The average Bonchev–Trinajstić information content (AvgIpc) is 3.30. The van der Waals surface area contributed by atoms with Gasteiger partial charge in [0.2, 0.25) is 0 Å². The Kier molecular flexibility index (Phi) is 14.2. The predicted molar refractivity (Wildman–Crippen MR) is 143 cm³/mol. The molecular weight excluding hydrogens is 514 g/mol. The van der Waals surface area contributed by atoms with Gasteiger partial charge in [0.1, 0.15) is 20.2 Å². The van der Waals surface area contributed by atoms with E-state index in [4.69, 9.17) is 27.5 Å². The molecule has 222 valence electrons. The number of amides is 4. The highest BCUT2D eigenvalue weighted by atomic mass is 28.4. The standard InChI is InChI=1S/C24H49N5O8Si/c1-8-32-18-27-21-22(29(24(27)31)20-34-10-3)28(19-33-9-2)23(30)26(21)17-25(7)15-14-16-38(35-11-4,36-12-5)37-13-6/h21-22H,8-20H2,1-7H3. The van der Waals surface area contributed by atoms with Crippen LogP contribution >= 0.6 is 0 Å². The van der Waals surface area contributed by atoms with Crippen molar-refractivity contribution in [2.24, 2.45) is 0 Å². The van der Waals surface area contributed by atoms with E-state index in [-0.39, 0.29) is 32.3 Å². The molecule has 2 fully saturated rings. The number of fused-ring (bicyclic) bond motifs is 1. The predicted octanol–water partition coefficient (Wildman–Crippen LogP) is 2.42. The van der Waals surface area contributed by atoms with Crippen molar-refractivity contribution in [3.8, 4) is 0 Å². The molecule has 0 aliphatic carbocycles. The Balaban J connectivity index is 2.19. The lowest BCUT2D eigenvalue weighted by molar-refractivity contribution is -0.0243. The fraction of sp³-hybridized carbons (Fsp3) is 0.917. The largest absolute Gasteiger partial charge is 0.500 e. The minimum atomic E-state index is -2.75. The molecular formula is C24H49N5O8Si. The summed E-state index contributed by atoms with van der Waals surface area (Å²) in [7, 11) is -0.788. The van der Waals surface area contributed by atoms with Crippen molar-refractivity contribution >= 4 is 20.9 Å². The minimum absolute atomic E-state index is 0.0811. The van der Waals surface area contributed by atoms with Crippen LogP contribution in [0.4, 0.5) is 9.59 Å². The van der Waals surface area contributed by atoms with Crippen molar-refractivity contribution in [2.45, 2.75) is 66.3 Å². The molecule has 13 nitrogen and oxygen atoms in total. The first kappa shape index (κ1) is 32.7. The van der Waals surface area contributed by atoms with E-state index in [1.54, 1.807) is 19.6 Å². The summed E-state index contributed by atoms with van der Waals surface area (Å²) in [4.78, 5) is 35.6. The average molecular weight is 564 g/mol. The number of carbonyl (C=O) groups excluding carboxylic acids is 2. The molecule has 14 heteroatoms. The van der Waals surface area contributed by atoms with E-state index in [9.17, 15) is 9.59 Å². The molecule has 0 aromatic carbocycles. The van der Waals surface area contributed by atoms with Gasteiger partial charge in [-0.25, -0.2) is 9.59 Å². The molecule has 0 N–H and O–H groups in total. The summed E-state index contributed by atoms with van der Waals surface area (Å²) >= 11 is 0. The molecule has 2 heterocycles. The lowest BCUT2D eigenvalue weighted by Gasteiger charge is -2.33. The van der Waals surface area contributed by atoms with Gasteiger partial charge in [-0.3, -0.25) is 24.5 Å². The van der Waals surface area contributed by atoms with E-state index in [1.807, 2.05) is 48.6 Å². The summed E-state index contributed by atoms with van der Waals surface area (Å²) in [6.45, 7) is 15.7. The zero-order chi connectivity index (χ0) is 28.1. The van der Waals surface area contributed by atoms with E-state index < -0.39 is 21.1 Å². The number of urea groups is 2. The van der Waals surface area contributed by atoms with Crippen molar-refractivity contribution in [1.82, 2.24) is 24.5 Å². The van der Waals surface area contributed by atoms with Crippen LogP contribution in [0.5, 0.6) is 0 Å². The van der Waals surface area contributed by atoms with E-state index in [1.165, 1.54) is 0 Å². The molecule has 2 rings (SSSR count). The molecule has 4 amide bonds. The van der Waals surface area contributed by atoms with Crippen molar-refractivity contribution < 1.29 is 37.1 Å². The summed E-state index contributed by atoms with van der Waals surface area (Å²) in [5.41, 5.74) is 0. The number of nitrogens with zero attached hydrogens (tertiary/aromatic N) is 5. The lowest BCUT2D eigenvalue weighted by atomic mass is 10.3. The smallest absolute Gasteiger partial charge is 0.374 e. The van der Waals surface area contributed by atoms with Gasteiger partial charge in [-0.2, -0.15) is 0 Å². The molecule has 0 spiro atoms. The Morgan fingerprint density at radius 2 is 1.05 bits per heavy atom. The second-order valence-corrected chi connectivity index (χ2v) is 11.7. The van der Waals surface area contributed by atoms with Gasteiger partial charge in [-0.05, 0) is 61.6 Å². The van der Waals surface area contributed by atoms with Gasteiger partial charge in [0.05, 0.1) is 6.67 Å². The van der Waals surface area contributed by atoms with Crippen LogP contribution in [0, 0.1) is 0 Å². The Bertz CT molecular complexity index is 700. The summed E-state index contributed by atoms with van der Waals surface area (Å²) in [5, 5.41) is 0. The molecule has 0 saturated carbocycles. The van der Waals surface area contributed by atoms with Crippen LogP contribution in [0.2, 0.25) is 6.04 Å². The summed E-state index contributed by atoms with van der Waals surface area (Å²) < 4.78 is 34.8. The normalized spacial score (nSPS) is 20.0. The van der Waals surface area contributed by atoms with Gasteiger partial charge < -0.3 is 27.5 Å². The molecule has 38 heavy (non-hydrogen) atoms. The molecule has 0 bridgehead atoms. The molecule has 0 aromatic heterocycles. The van der Waals surface area contributed by atoms with E-state index in [0.29, 0.717) is 58.9 Å². The Morgan fingerprint density at radius 1 is 0.658 bits per heavy atom. The summed E-state index contributed by atoms with van der Waals surface area (Å²) in [6.07, 6.45) is -0.302. The van der Waals surface area contributed by atoms with Gasteiger partial charge in [0.15, 0.2) is 12.3 Å². The molecule has 0 radical (unpaired) electrons. The first-order valence-electron chi connectivity index (χ1n) is 13.8. The van der Waals surface area contributed by atoms with E-state index >= 15 is 0 Å². The van der Waals surface area contributed by atoms with Crippen LogP contribution in [0.1, 0.15) is 48.0 Å². The van der Waals surface area contributed by atoms with Crippen molar-refractivity contribution in [2.75, 3.05) is 80.1 Å². The van der Waals surface area contributed by atoms with Gasteiger partial charge in [0, 0.05) is 45.7 Å². The lowest BCUT2D eigenvalue weighted by Crippen LogP contribution is -2.51. The van der Waals surface area contributed by atoms with Gasteiger partial charge >= 0.3 is 20.9 Å². The molecule has 0 aromatic rings. The highest BCUT2D eigenvalue weighted by molar-refractivity contribution is 6.60. The van der Waals surface area contributed by atoms with Gasteiger partial charge in [-0.1, -0.05) is 0 Å². The fourth-order valence-electron chi connectivity index (χ4n) is 4.77. The monoisotopic (exact) mass is 563 g/mol. The Morgan fingerprint density at radius 3 is 1.45 bits per heavy atom. The van der Waals surface area contributed by atoms with Crippen LogP contribution in [-0.4, -0.2) is 138 Å². The number of rotatable bonds is 21. The van der Waals surface area contributed by atoms with Crippen LogP contribution in [0.25, 0.3) is 0 Å². The van der Waals surface area contributed by atoms with Crippen LogP contribution in [0.15, 0.2) is 0 Å². The minimum Gasteiger partial charge on any atom is -0.374 e. The first-order chi connectivity index (χ1) is 18.3. The summed E-state index contributed by atoms with van der Waals surface area (Å²) in [6, 6.07) is 0.252. The van der Waals surface area contributed by atoms with Gasteiger partial charge in [0.25, 0.3) is 0 Å². The van der Waals surface area contributed by atoms with Crippen LogP contribution in [-0.2, 0) is 27.5 Å². The third-order valence-electron chi connectivity index (χ3n) is 6.34. The molecule has 2 atom stereocenters.